The molecule has 0 saturated carbocycles. The Morgan fingerprint density at radius 1 is 0.905 bits per heavy atom. The molecule has 0 saturated heterocycles. The van der Waals surface area contributed by atoms with Crippen molar-refractivity contribution in [3.05, 3.63) is 90.1 Å². The Morgan fingerprint density at radius 2 is 1.57 bits per heavy atom. The molecule has 3 aromatic carbocycles. The summed E-state index contributed by atoms with van der Waals surface area (Å²) in [7, 11) is -3.52. The minimum atomic E-state index is -4.68. The number of rotatable bonds is 7. The molecule has 5 rings (SSSR count). The molecule has 13 heteroatoms. The van der Waals surface area contributed by atoms with Gasteiger partial charge in [0, 0.05) is 30.0 Å². The van der Waals surface area contributed by atoms with Crippen LogP contribution in [0.3, 0.4) is 0 Å². The first-order chi connectivity index (χ1) is 19.7. The van der Waals surface area contributed by atoms with E-state index in [1.807, 2.05) is 0 Å². The number of alkyl halides is 5. The van der Waals surface area contributed by atoms with Crippen LogP contribution in [0.4, 0.5) is 22.0 Å². The summed E-state index contributed by atoms with van der Waals surface area (Å²) in [6, 6.07) is 17.6. The minimum absolute atomic E-state index is 0.0770. The maximum atomic E-state index is 13.5. The largest absolute Gasteiger partial charge is 0.440 e. The van der Waals surface area contributed by atoms with Crippen LogP contribution in [0.15, 0.2) is 82.1 Å². The monoisotopic (exact) mass is 603 g/mol. The molecule has 0 N–H and O–H groups in total. The average Bonchev–Trinajstić information content (AvgIpc) is 3.50. The fraction of sp³-hybridized carbons (Fsp3) is 0.172. The van der Waals surface area contributed by atoms with E-state index >= 15 is 0 Å². The molecule has 0 aliphatic carbocycles. The lowest BCUT2D eigenvalue weighted by Gasteiger charge is -2.14. The van der Waals surface area contributed by atoms with Crippen LogP contribution in [-0.4, -0.2) is 36.0 Å². The normalized spacial score (nSPS) is 12.2. The molecule has 0 unspecified atom stereocenters. The molecule has 0 fully saturated rings. The molecule has 0 aliphatic heterocycles. The van der Waals surface area contributed by atoms with Crippen molar-refractivity contribution in [1.29, 1.82) is 0 Å². The first-order valence-corrected chi connectivity index (χ1v) is 14.2. The van der Waals surface area contributed by atoms with Crippen LogP contribution < -0.4 is 4.74 Å². The van der Waals surface area contributed by atoms with Crippen LogP contribution in [0.1, 0.15) is 17.3 Å². The van der Waals surface area contributed by atoms with Gasteiger partial charge in [-0.2, -0.15) is 27.1 Å². The second-order valence-electron chi connectivity index (χ2n) is 9.43. The molecular weight excluding hydrogens is 581 g/mol. The molecule has 2 aromatic heterocycles. The summed E-state index contributed by atoms with van der Waals surface area (Å²) in [5.74, 6) is 0.378. The first kappa shape index (κ1) is 29.0. The number of aryl methyl sites for hydroxylation is 2. The number of benzene rings is 3. The molecule has 0 radical (unpaired) electrons. The van der Waals surface area contributed by atoms with Gasteiger partial charge >= 0.3 is 12.8 Å². The zero-order valence-corrected chi connectivity index (χ0v) is 23.1. The van der Waals surface area contributed by atoms with Gasteiger partial charge in [0.2, 0.25) is 0 Å². The van der Waals surface area contributed by atoms with Crippen molar-refractivity contribution in [1.82, 2.24) is 14.8 Å². The smallest absolute Gasteiger partial charge is 0.435 e. The standard InChI is InChI=1S/C29H22F5N3O4S/c1-16-13-25(29(32,33)34)36-37(16)24-12-9-20(19-5-4-6-22(14-19)42(3,38)39)15-23(24)26-27(40-17(2)35-26)18-7-10-21(11-8-18)41-28(30)31/h4-15,28H,1-3H3. The van der Waals surface area contributed by atoms with Crippen LogP contribution in [-0.2, 0) is 16.0 Å². The lowest BCUT2D eigenvalue weighted by Crippen LogP contribution is -2.08. The number of sulfone groups is 1. The van der Waals surface area contributed by atoms with Gasteiger partial charge in [0.05, 0.1) is 10.6 Å². The zero-order chi connectivity index (χ0) is 30.4. The molecule has 0 aliphatic rings. The number of ether oxygens (including phenoxy) is 1. The Labute approximate surface area is 237 Å². The fourth-order valence-corrected chi connectivity index (χ4v) is 5.11. The Balaban J connectivity index is 1.73. The van der Waals surface area contributed by atoms with Crippen molar-refractivity contribution in [2.45, 2.75) is 31.5 Å². The van der Waals surface area contributed by atoms with Crippen LogP contribution in [0.5, 0.6) is 5.75 Å². The van der Waals surface area contributed by atoms with Gasteiger partial charge in [0.1, 0.15) is 11.4 Å². The highest BCUT2D eigenvalue weighted by Crippen LogP contribution is 2.40. The van der Waals surface area contributed by atoms with Crippen molar-refractivity contribution >= 4 is 9.84 Å². The summed E-state index contributed by atoms with van der Waals surface area (Å²) in [4.78, 5) is 4.60. The van der Waals surface area contributed by atoms with E-state index in [9.17, 15) is 30.4 Å². The highest BCUT2D eigenvalue weighted by molar-refractivity contribution is 7.90. The summed E-state index contributed by atoms with van der Waals surface area (Å²) in [6.45, 7) is 0.0531. The second-order valence-corrected chi connectivity index (χ2v) is 11.4. The van der Waals surface area contributed by atoms with Gasteiger partial charge in [0.15, 0.2) is 27.2 Å². The van der Waals surface area contributed by atoms with Gasteiger partial charge in [-0.25, -0.2) is 18.1 Å². The molecule has 0 atom stereocenters. The van der Waals surface area contributed by atoms with Gasteiger partial charge in [-0.3, -0.25) is 0 Å². The van der Waals surface area contributed by atoms with Crippen LogP contribution in [0, 0.1) is 13.8 Å². The number of aromatic nitrogens is 3. The van der Waals surface area contributed by atoms with Gasteiger partial charge in [0.25, 0.3) is 0 Å². The highest BCUT2D eigenvalue weighted by Gasteiger charge is 2.35. The van der Waals surface area contributed by atoms with Gasteiger partial charge < -0.3 is 9.15 Å². The molecule has 2 heterocycles. The number of oxazole rings is 1. The number of halogens is 5. The van der Waals surface area contributed by atoms with E-state index in [1.165, 1.54) is 43.3 Å². The van der Waals surface area contributed by atoms with Crippen LogP contribution >= 0.6 is 0 Å². The van der Waals surface area contributed by atoms with Gasteiger partial charge in [-0.15, -0.1) is 0 Å². The Morgan fingerprint density at radius 3 is 2.19 bits per heavy atom. The first-order valence-electron chi connectivity index (χ1n) is 12.3. The van der Waals surface area contributed by atoms with E-state index in [4.69, 9.17) is 4.42 Å². The molecular formula is C29H22F5N3O4S. The molecule has 0 spiro atoms. The Kier molecular flexibility index (Phi) is 7.39. The quantitative estimate of drug-likeness (QED) is 0.179. The molecule has 0 bridgehead atoms. The number of hydrogen-bond donors (Lipinski definition) is 0. The van der Waals surface area contributed by atoms with E-state index in [1.54, 1.807) is 37.3 Å². The fourth-order valence-electron chi connectivity index (χ4n) is 4.45. The Bertz CT molecular complexity index is 1880. The molecule has 5 aromatic rings. The van der Waals surface area contributed by atoms with E-state index in [-0.39, 0.29) is 39.4 Å². The average molecular weight is 604 g/mol. The highest BCUT2D eigenvalue weighted by atomic mass is 32.2. The SMILES string of the molecule is Cc1nc(-c2cc(-c3cccc(S(C)(=O)=O)c3)ccc2-n2nc(C(F)(F)F)cc2C)c(-c2ccc(OC(F)F)cc2)o1. The van der Waals surface area contributed by atoms with Crippen molar-refractivity contribution in [3.8, 4) is 45.1 Å². The van der Waals surface area contributed by atoms with E-state index in [0.29, 0.717) is 22.3 Å². The third-order valence-corrected chi connectivity index (χ3v) is 7.44. The van der Waals surface area contributed by atoms with Crippen molar-refractivity contribution < 1.29 is 39.5 Å². The van der Waals surface area contributed by atoms with E-state index < -0.39 is 28.3 Å². The van der Waals surface area contributed by atoms with Crippen molar-refractivity contribution in [3.63, 3.8) is 0 Å². The van der Waals surface area contributed by atoms with Crippen molar-refractivity contribution in [2.24, 2.45) is 0 Å². The lowest BCUT2D eigenvalue weighted by molar-refractivity contribution is -0.141. The molecule has 0 amide bonds. The van der Waals surface area contributed by atoms with Crippen molar-refractivity contribution in [2.75, 3.05) is 6.26 Å². The summed E-state index contributed by atoms with van der Waals surface area (Å²) in [5.41, 5.74) is 1.47. The number of nitrogens with zero attached hydrogens (tertiary/aromatic N) is 3. The number of hydrogen-bond acceptors (Lipinski definition) is 6. The van der Waals surface area contributed by atoms with Gasteiger partial charge in [-0.1, -0.05) is 18.2 Å². The molecule has 42 heavy (non-hydrogen) atoms. The topological polar surface area (TPSA) is 87.2 Å². The third-order valence-electron chi connectivity index (χ3n) is 6.33. The van der Waals surface area contributed by atoms with E-state index in [0.717, 1.165) is 17.0 Å². The maximum absolute atomic E-state index is 13.5. The minimum Gasteiger partial charge on any atom is -0.440 e. The summed E-state index contributed by atoms with van der Waals surface area (Å²) in [6.07, 6.45) is -3.60. The maximum Gasteiger partial charge on any atom is 0.435 e. The summed E-state index contributed by atoms with van der Waals surface area (Å²) < 4.78 is 102. The summed E-state index contributed by atoms with van der Waals surface area (Å²) >= 11 is 0. The zero-order valence-electron chi connectivity index (χ0n) is 22.3. The van der Waals surface area contributed by atoms with Crippen LogP contribution in [0.2, 0.25) is 0 Å². The van der Waals surface area contributed by atoms with Crippen LogP contribution in [0.25, 0.3) is 39.4 Å². The predicted molar refractivity (Wildman–Crippen MR) is 144 cm³/mol. The summed E-state index contributed by atoms with van der Waals surface area (Å²) in [5, 5.41) is 3.80. The lowest BCUT2D eigenvalue weighted by atomic mass is 9.98. The predicted octanol–water partition coefficient (Wildman–Crippen LogP) is 7.50. The van der Waals surface area contributed by atoms with Gasteiger partial charge in [-0.05, 0) is 72.6 Å². The Hall–Kier alpha value is -4.52. The third kappa shape index (κ3) is 5.91. The second kappa shape index (κ2) is 10.7. The molecule has 218 valence electrons. The van der Waals surface area contributed by atoms with E-state index in [2.05, 4.69) is 14.8 Å². The molecule has 7 nitrogen and oxygen atoms in total.